The zero-order chi connectivity index (χ0) is 20.5. The van der Waals surface area contributed by atoms with Gasteiger partial charge in [0.1, 0.15) is 0 Å². The number of nitrogens with zero attached hydrogens (tertiary/aromatic N) is 2. The van der Waals surface area contributed by atoms with Crippen LogP contribution in [-0.2, 0) is 11.3 Å². The normalized spacial score (nSPS) is 24.6. The smallest absolute Gasteiger partial charge is 0.220 e. The van der Waals surface area contributed by atoms with E-state index in [0.717, 1.165) is 63.9 Å². The van der Waals surface area contributed by atoms with Gasteiger partial charge in [0.15, 0.2) is 0 Å². The Morgan fingerprint density at radius 1 is 1.21 bits per heavy atom. The van der Waals surface area contributed by atoms with Gasteiger partial charge in [-0.05, 0) is 56.3 Å². The summed E-state index contributed by atoms with van der Waals surface area (Å²) < 4.78 is 0. The molecule has 5 heteroatoms. The molecule has 3 rings (SSSR count). The van der Waals surface area contributed by atoms with E-state index in [4.69, 9.17) is 0 Å². The Morgan fingerprint density at radius 3 is 2.76 bits per heavy atom. The van der Waals surface area contributed by atoms with E-state index in [1.165, 1.54) is 25.1 Å². The third-order valence-electron chi connectivity index (χ3n) is 6.70. The number of nitrogens with one attached hydrogen (secondary N) is 2. The molecular weight excluding hydrogens is 360 g/mol. The molecule has 2 aliphatic rings. The maximum atomic E-state index is 12.2. The predicted octanol–water partition coefficient (Wildman–Crippen LogP) is 2.72. The minimum atomic E-state index is 0.209. The van der Waals surface area contributed by atoms with Crippen molar-refractivity contribution in [3.05, 3.63) is 35.9 Å². The van der Waals surface area contributed by atoms with Crippen LogP contribution in [0.5, 0.6) is 0 Å². The zero-order valence-corrected chi connectivity index (χ0v) is 18.4. The predicted molar refractivity (Wildman–Crippen MR) is 120 cm³/mol. The number of hydrogen-bond acceptors (Lipinski definition) is 4. The molecule has 2 aliphatic heterocycles. The first-order valence-corrected chi connectivity index (χ1v) is 11.7. The van der Waals surface area contributed by atoms with E-state index in [0.29, 0.717) is 12.5 Å². The summed E-state index contributed by atoms with van der Waals surface area (Å²) in [5, 5.41) is 6.88. The first kappa shape index (κ1) is 22.3. The van der Waals surface area contributed by atoms with E-state index >= 15 is 0 Å². The van der Waals surface area contributed by atoms with Crippen LogP contribution < -0.4 is 10.6 Å². The molecule has 0 aromatic heterocycles. The van der Waals surface area contributed by atoms with Crippen LogP contribution in [0.3, 0.4) is 0 Å². The summed E-state index contributed by atoms with van der Waals surface area (Å²) in [5.41, 5.74) is 1.42. The van der Waals surface area contributed by atoms with Crippen LogP contribution in [-0.4, -0.2) is 67.6 Å². The minimum absolute atomic E-state index is 0.209. The molecule has 5 nitrogen and oxygen atoms in total. The number of rotatable bonds is 11. The van der Waals surface area contributed by atoms with Crippen LogP contribution in [0.2, 0.25) is 0 Å². The summed E-state index contributed by atoms with van der Waals surface area (Å²) in [7, 11) is 0. The number of fused-ring (bicyclic) bond motifs is 2. The largest absolute Gasteiger partial charge is 0.355 e. The standard InChI is InChI=1S/C24H40N4O/c1-3-27(4-2)14-13-25-24(29)12-8-11-23-22-15-21(16-26-23)18-28(19-22)17-20-9-6-5-7-10-20/h5-7,9-10,21-23,26H,3-4,8,11-19H2,1-2H3,(H,25,29)/t21?,22?,23-/m1/s1. The Balaban J connectivity index is 1.36. The van der Waals surface area contributed by atoms with Gasteiger partial charge in [0, 0.05) is 45.2 Å². The second-order valence-corrected chi connectivity index (χ2v) is 8.83. The number of carbonyl (C=O) groups excluding carboxylic acids is 1. The number of likely N-dealkylation sites (tertiary alicyclic amines) is 1. The summed E-state index contributed by atoms with van der Waals surface area (Å²) in [5.74, 6) is 1.70. The number of amides is 1. The van der Waals surface area contributed by atoms with Crippen molar-refractivity contribution in [2.75, 3.05) is 45.8 Å². The third kappa shape index (κ3) is 7.09. The van der Waals surface area contributed by atoms with Crippen molar-refractivity contribution >= 4 is 5.91 Å². The van der Waals surface area contributed by atoms with Gasteiger partial charge in [-0.3, -0.25) is 9.69 Å². The number of likely N-dealkylation sites (N-methyl/N-ethyl adjacent to an activating group) is 1. The van der Waals surface area contributed by atoms with Crippen molar-refractivity contribution in [1.82, 2.24) is 20.4 Å². The summed E-state index contributed by atoms with van der Waals surface area (Å²) in [6.45, 7) is 12.7. The summed E-state index contributed by atoms with van der Waals surface area (Å²) in [4.78, 5) is 17.1. The molecule has 0 radical (unpaired) electrons. The Kier molecular flexibility index (Phi) is 8.96. The number of carbonyl (C=O) groups is 1. The van der Waals surface area contributed by atoms with Crippen LogP contribution in [0.4, 0.5) is 0 Å². The Bertz CT molecular complexity index is 604. The molecule has 1 aromatic rings. The van der Waals surface area contributed by atoms with Gasteiger partial charge in [0.05, 0.1) is 0 Å². The third-order valence-corrected chi connectivity index (χ3v) is 6.70. The quantitative estimate of drug-likeness (QED) is 0.600. The first-order valence-electron chi connectivity index (χ1n) is 11.7. The van der Waals surface area contributed by atoms with Gasteiger partial charge in [-0.15, -0.1) is 0 Å². The minimum Gasteiger partial charge on any atom is -0.355 e. The number of piperidine rings is 2. The van der Waals surface area contributed by atoms with Gasteiger partial charge < -0.3 is 15.5 Å². The van der Waals surface area contributed by atoms with Crippen LogP contribution in [0.25, 0.3) is 0 Å². The van der Waals surface area contributed by atoms with Gasteiger partial charge in [-0.1, -0.05) is 44.2 Å². The maximum absolute atomic E-state index is 12.2. The molecule has 2 fully saturated rings. The first-order chi connectivity index (χ1) is 14.2. The lowest BCUT2D eigenvalue weighted by Gasteiger charge is -2.46. The van der Waals surface area contributed by atoms with Crippen molar-refractivity contribution in [2.45, 2.75) is 52.1 Å². The molecule has 0 spiro atoms. The van der Waals surface area contributed by atoms with Crippen molar-refractivity contribution in [3.8, 4) is 0 Å². The molecule has 2 unspecified atom stereocenters. The highest BCUT2D eigenvalue weighted by atomic mass is 16.1. The fraction of sp³-hybridized carbons (Fsp3) is 0.708. The van der Waals surface area contributed by atoms with E-state index in [-0.39, 0.29) is 5.91 Å². The monoisotopic (exact) mass is 400 g/mol. The molecule has 29 heavy (non-hydrogen) atoms. The molecule has 162 valence electrons. The Morgan fingerprint density at radius 2 is 2.00 bits per heavy atom. The highest BCUT2D eigenvalue weighted by Crippen LogP contribution is 2.31. The molecule has 2 bridgehead atoms. The van der Waals surface area contributed by atoms with Crippen LogP contribution >= 0.6 is 0 Å². The molecule has 2 saturated heterocycles. The van der Waals surface area contributed by atoms with Crippen LogP contribution in [0.1, 0.15) is 45.1 Å². The van der Waals surface area contributed by atoms with Crippen molar-refractivity contribution in [2.24, 2.45) is 11.8 Å². The molecule has 3 atom stereocenters. The number of benzene rings is 1. The van der Waals surface area contributed by atoms with E-state index in [2.05, 4.69) is 64.6 Å². The maximum Gasteiger partial charge on any atom is 0.220 e. The molecule has 0 saturated carbocycles. The van der Waals surface area contributed by atoms with E-state index in [9.17, 15) is 4.79 Å². The second-order valence-electron chi connectivity index (χ2n) is 8.83. The van der Waals surface area contributed by atoms with Gasteiger partial charge in [-0.25, -0.2) is 0 Å². The van der Waals surface area contributed by atoms with Gasteiger partial charge in [0.2, 0.25) is 5.91 Å². The Hall–Kier alpha value is -1.43. The summed E-state index contributed by atoms with van der Waals surface area (Å²) >= 11 is 0. The van der Waals surface area contributed by atoms with Crippen LogP contribution in [0, 0.1) is 11.8 Å². The molecule has 1 aromatic carbocycles. The molecule has 1 amide bonds. The highest BCUT2D eigenvalue weighted by Gasteiger charge is 2.35. The lowest BCUT2D eigenvalue weighted by atomic mass is 9.79. The topological polar surface area (TPSA) is 47.6 Å². The van der Waals surface area contributed by atoms with E-state index in [1.54, 1.807) is 0 Å². The zero-order valence-electron chi connectivity index (χ0n) is 18.4. The highest BCUT2D eigenvalue weighted by molar-refractivity contribution is 5.75. The molecular formula is C24H40N4O. The lowest BCUT2D eigenvalue weighted by Crippen LogP contribution is -2.55. The Labute approximate surface area is 177 Å². The summed E-state index contributed by atoms with van der Waals surface area (Å²) in [6.07, 6.45) is 4.09. The van der Waals surface area contributed by atoms with Crippen molar-refractivity contribution < 1.29 is 4.79 Å². The van der Waals surface area contributed by atoms with Gasteiger partial charge in [0.25, 0.3) is 0 Å². The molecule has 2 heterocycles. The summed E-state index contributed by atoms with van der Waals surface area (Å²) in [6, 6.07) is 11.4. The molecule has 0 aliphatic carbocycles. The number of hydrogen-bond donors (Lipinski definition) is 2. The average molecular weight is 401 g/mol. The van der Waals surface area contributed by atoms with Crippen molar-refractivity contribution in [1.29, 1.82) is 0 Å². The van der Waals surface area contributed by atoms with Crippen molar-refractivity contribution in [3.63, 3.8) is 0 Å². The van der Waals surface area contributed by atoms with Gasteiger partial charge >= 0.3 is 0 Å². The SMILES string of the molecule is CCN(CC)CCNC(=O)CCC[C@H]1NCC2CC1CN(Cc1ccccc1)C2. The fourth-order valence-corrected chi connectivity index (χ4v) is 5.05. The van der Waals surface area contributed by atoms with E-state index in [1.807, 2.05) is 0 Å². The second kappa shape index (κ2) is 11.7. The van der Waals surface area contributed by atoms with Gasteiger partial charge in [-0.2, -0.15) is 0 Å². The van der Waals surface area contributed by atoms with Crippen LogP contribution in [0.15, 0.2) is 30.3 Å². The fourth-order valence-electron chi connectivity index (χ4n) is 5.05. The lowest BCUT2D eigenvalue weighted by molar-refractivity contribution is -0.121. The average Bonchev–Trinajstić information content (AvgIpc) is 2.73. The van der Waals surface area contributed by atoms with E-state index < -0.39 is 0 Å². The molecule has 2 N–H and O–H groups in total.